The molecule has 0 radical (unpaired) electrons. The highest BCUT2D eigenvalue weighted by Crippen LogP contribution is 2.49. The van der Waals surface area contributed by atoms with Crippen molar-refractivity contribution in [2.24, 2.45) is 18.9 Å². The van der Waals surface area contributed by atoms with Gasteiger partial charge in [0.1, 0.15) is 4.32 Å². The van der Waals surface area contributed by atoms with Gasteiger partial charge in [-0.05, 0) is 85.8 Å². The number of aliphatic hydroxyl groups is 1. The fourth-order valence-corrected chi connectivity index (χ4v) is 7.46. The molecule has 3 unspecified atom stereocenters. The number of halogens is 1. The molecule has 1 N–H and O–H groups in total. The lowest BCUT2D eigenvalue weighted by Gasteiger charge is -2.30. The number of fused-ring (bicyclic) bond motifs is 2. The summed E-state index contributed by atoms with van der Waals surface area (Å²) in [5.41, 5.74) is 4.47. The SMILES string of the molecule is Cn1c(-c2ccc(Cl)cc2)cc(CCCCCO)c1C=C1SC(=S)N(C2CC3CCC2C3)C1=O. The minimum absolute atomic E-state index is 0.0769. The molecule has 1 saturated heterocycles. The highest BCUT2D eigenvalue weighted by Gasteiger charge is 2.48. The molecule has 0 spiro atoms. The van der Waals surface area contributed by atoms with Crippen LogP contribution < -0.4 is 0 Å². The van der Waals surface area contributed by atoms with Crippen molar-refractivity contribution in [2.45, 2.75) is 57.4 Å². The summed E-state index contributed by atoms with van der Waals surface area (Å²) in [5.74, 6) is 1.46. The van der Waals surface area contributed by atoms with Crippen LogP contribution in [0.1, 0.15) is 56.2 Å². The molecule has 1 amide bonds. The van der Waals surface area contributed by atoms with Gasteiger partial charge < -0.3 is 9.67 Å². The van der Waals surface area contributed by atoms with Gasteiger partial charge in [0, 0.05) is 36.1 Å². The van der Waals surface area contributed by atoms with E-state index in [1.807, 2.05) is 35.2 Å². The van der Waals surface area contributed by atoms with Crippen LogP contribution in [0.2, 0.25) is 5.02 Å². The normalized spacial score (nSPS) is 25.3. The molecule has 3 fully saturated rings. The number of hydrogen-bond donors (Lipinski definition) is 1. The van der Waals surface area contributed by atoms with E-state index in [1.54, 1.807) is 0 Å². The summed E-state index contributed by atoms with van der Waals surface area (Å²) in [4.78, 5) is 16.2. The van der Waals surface area contributed by atoms with E-state index in [2.05, 4.69) is 17.7 Å². The summed E-state index contributed by atoms with van der Waals surface area (Å²) in [6, 6.07) is 10.4. The maximum Gasteiger partial charge on any atom is 0.266 e. The molecule has 3 atom stereocenters. The first kappa shape index (κ1) is 24.1. The Balaban J connectivity index is 1.46. The third kappa shape index (κ3) is 4.62. The number of hydrogen-bond acceptors (Lipinski definition) is 4. The monoisotopic (exact) mass is 514 g/mol. The van der Waals surface area contributed by atoms with Crippen LogP contribution in [0.4, 0.5) is 0 Å². The molecular formula is C27H31ClN2O2S2. The number of aromatic nitrogens is 1. The summed E-state index contributed by atoms with van der Waals surface area (Å²) in [6.07, 6.45) is 10.6. The van der Waals surface area contributed by atoms with E-state index < -0.39 is 0 Å². The predicted molar refractivity (Wildman–Crippen MR) is 145 cm³/mol. The van der Waals surface area contributed by atoms with Crippen molar-refractivity contribution < 1.29 is 9.90 Å². The molecule has 180 valence electrons. The Morgan fingerprint density at radius 1 is 1.18 bits per heavy atom. The molecule has 5 rings (SSSR count). The van der Waals surface area contributed by atoms with E-state index in [4.69, 9.17) is 28.9 Å². The summed E-state index contributed by atoms with van der Waals surface area (Å²) in [5, 5.41) is 9.87. The predicted octanol–water partition coefficient (Wildman–Crippen LogP) is 6.44. The standard InChI is InChI=1S/C27H31ClN2O2S2/c1-29-22(18-8-10-21(28)11-9-18)15-19(5-3-2-4-12-31)23(29)16-25-26(32)30(27(33)34-25)24-14-17-6-7-20(24)13-17/h8-11,15-17,20,24,31H,2-7,12-14H2,1H3. The minimum Gasteiger partial charge on any atom is -0.396 e. The lowest BCUT2D eigenvalue weighted by molar-refractivity contribution is -0.124. The molecule has 1 aromatic carbocycles. The van der Waals surface area contributed by atoms with Crippen LogP contribution in [0.15, 0.2) is 35.2 Å². The number of aliphatic hydroxyl groups excluding tert-OH is 1. The van der Waals surface area contributed by atoms with E-state index in [9.17, 15) is 4.79 Å². The van der Waals surface area contributed by atoms with Crippen molar-refractivity contribution in [1.82, 2.24) is 9.47 Å². The second-order valence-corrected chi connectivity index (χ2v) is 11.9. The van der Waals surface area contributed by atoms with Gasteiger partial charge in [-0.3, -0.25) is 9.69 Å². The number of benzene rings is 1. The van der Waals surface area contributed by atoms with Gasteiger partial charge in [-0.15, -0.1) is 0 Å². The van der Waals surface area contributed by atoms with Crippen molar-refractivity contribution >= 4 is 51.9 Å². The van der Waals surface area contributed by atoms with Crippen molar-refractivity contribution in [2.75, 3.05) is 6.61 Å². The largest absolute Gasteiger partial charge is 0.396 e. The molecule has 2 aliphatic carbocycles. The maximum atomic E-state index is 13.5. The quantitative estimate of drug-likeness (QED) is 0.250. The number of carbonyl (C=O) groups excluding carboxylic acids is 1. The number of rotatable bonds is 8. The Bertz CT molecular complexity index is 1120. The maximum absolute atomic E-state index is 13.5. The van der Waals surface area contributed by atoms with Crippen molar-refractivity contribution in [1.29, 1.82) is 0 Å². The molecule has 34 heavy (non-hydrogen) atoms. The van der Waals surface area contributed by atoms with Crippen molar-refractivity contribution in [3.8, 4) is 11.3 Å². The number of unbranched alkanes of at least 4 members (excludes halogenated alkanes) is 2. The molecule has 7 heteroatoms. The second-order valence-electron chi connectivity index (χ2n) is 9.83. The highest BCUT2D eigenvalue weighted by molar-refractivity contribution is 8.26. The van der Waals surface area contributed by atoms with Gasteiger partial charge >= 0.3 is 0 Å². The van der Waals surface area contributed by atoms with Crippen LogP contribution in [0.3, 0.4) is 0 Å². The van der Waals surface area contributed by atoms with E-state index in [1.165, 1.54) is 36.6 Å². The molecule has 2 saturated carbocycles. The first-order chi connectivity index (χ1) is 16.5. The molecule has 1 aromatic heterocycles. The minimum atomic E-state index is 0.0769. The smallest absolute Gasteiger partial charge is 0.266 e. The van der Waals surface area contributed by atoms with Gasteiger partial charge in [0.25, 0.3) is 5.91 Å². The molecule has 2 aromatic rings. The first-order valence-electron chi connectivity index (χ1n) is 12.3. The van der Waals surface area contributed by atoms with Crippen molar-refractivity contribution in [3.05, 3.63) is 51.5 Å². The van der Waals surface area contributed by atoms with E-state index in [0.29, 0.717) is 15.3 Å². The average Bonchev–Trinajstić information content (AvgIpc) is 3.58. The summed E-state index contributed by atoms with van der Waals surface area (Å²) in [6.45, 7) is 0.225. The summed E-state index contributed by atoms with van der Waals surface area (Å²) >= 11 is 13.3. The lowest BCUT2D eigenvalue weighted by atomic mass is 9.94. The number of nitrogens with zero attached hydrogens (tertiary/aromatic N) is 2. The van der Waals surface area contributed by atoms with Gasteiger partial charge in [0.2, 0.25) is 0 Å². The number of thioether (sulfide) groups is 1. The van der Waals surface area contributed by atoms with Crippen LogP contribution in [0.5, 0.6) is 0 Å². The zero-order chi connectivity index (χ0) is 23.8. The molecule has 2 bridgehead atoms. The molecule has 2 heterocycles. The zero-order valence-electron chi connectivity index (χ0n) is 19.5. The molecule has 4 nitrogen and oxygen atoms in total. The van der Waals surface area contributed by atoms with Gasteiger partial charge in [-0.2, -0.15) is 0 Å². The van der Waals surface area contributed by atoms with E-state index in [0.717, 1.165) is 59.9 Å². The van der Waals surface area contributed by atoms with Gasteiger partial charge in [-0.25, -0.2) is 0 Å². The summed E-state index contributed by atoms with van der Waals surface area (Å²) in [7, 11) is 2.06. The Kier molecular flexibility index (Phi) is 7.22. The summed E-state index contributed by atoms with van der Waals surface area (Å²) < 4.78 is 2.89. The van der Waals surface area contributed by atoms with Crippen LogP contribution in [0.25, 0.3) is 17.3 Å². The van der Waals surface area contributed by atoms with Crippen LogP contribution in [-0.4, -0.2) is 37.4 Å². The number of amides is 1. The highest BCUT2D eigenvalue weighted by atomic mass is 35.5. The van der Waals surface area contributed by atoms with Gasteiger partial charge in [0.05, 0.1) is 4.91 Å². The Morgan fingerprint density at radius 3 is 2.65 bits per heavy atom. The number of aryl methyl sites for hydroxylation is 1. The fraction of sp³-hybridized carbons (Fsp3) is 0.481. The van der Waals surface area contributed by atoms with E-state index in [-0.39, 0.29) is 18.6 Å². The average molecular weight is 515 g/mol. The third-order valence-corrected chi connectivity index (χ3v) is 9.31. The number of carbonyl (C=O) groups is 1. The Labute approximate surface area is 216 Å². The molecule has 3 aliphatic rings. The van der Waals surface area contributed by atoms with E-state index >= 15 is 0 Å². The topological polar surface area (TPSA) is 45.5 Å². The fourth-order valence-electron chi connectivity index (χ4n) is 5.99. The third-order valence-electron chi connectivity index (χ3n) is 7.73. The van der Waals surface area contributed by atoms with Gasteiger partial charge in [0.15, 0.2) is 0 Å². The van der Waals surface area contributed by atoms with Crippen LogP contribution in [0, 0.1) is 11.8 Å². The first-order valence-corrected chi connectivity index (χ1v) is 13.9. The molecule has 1 aliphatic heterocycles. The Hall–Kier alpha value is -1.60. The van der Waals surface area contributed by atoms with Crippen molar-refractivity contribution in [3.63, 3.8) is 0 Å². The lowest BCUT2D eigenvalue weighted by Crippen LogP contribution is -2.41. The Morgan fingerprint density at radius 2 is 1.97 bits per heavy atom. The van der Waals surface area contributed by atoms with Gasteiger partial charge in [-0.1, -0.05) is 60.6 Å². The van der Waals surface area contributed by atoms with Crippen LogP contribution >= 0.6 is 35.6 Å². The zero-order valence-corrected chi connectivity index (χ0v) is 21.9. The molecular weight excluding hydrogens is 484 g/mol. The second kappa shape index (κ2) is 10.2. The number of thiocarbonyl (C=S) groups is 1. The van der Waals surface area contributed by atoms with Crippen LogP contribution in [-0.2, 0) is 18.3 Å².